The summed E-state index contributed by atoms with van der Waals surface area (Å²) in [6.07, 6.45) is 3.28. The van der Waals surface area contributed by atoms with Crippen molar-refractivity contribution in [2.45, 2.75) is 13.2 Å². The van der Waals surface area contributed by atoms with Gasteiger partial charge in [-0.25, -0.2) is 0 Å². The minimum Gasteiger partial charge on any atom is -0.321 e. The lowest BCUT2D eigenvalue weighted by Crippen LogP contribution is -2.08. The van der Waals surface area contributed by atoms with Crippen molar-refractivity contribution in [1.82, 2.24) is 9.78 Å². The van der Waals surface area contributed by atoms with E-state index < -0.39 is 6.61 Å². The number of alkyl halides is 2. The fourth-order valence-electron chi connectivity index (χ4n) is 0.668. The summed E-state index contributed by atoms with van der Waals surface area (Å²) in [4.78, 5) is 0. The standard InChI is InChI=1S/C6H8F2N2O/c7-6(8)11-5-4-10-3-1-2-9-10/h1-3,6H,4-5H2. The van der Waals surface area contributed by atoms with E-state index in [-0.39, 0.29) is 6.61 Å². The number of hydrogen-bond donors (Lipinski definition) is 0. The minimum atomic E-state index is -2.69. The van der Waals surface area contributed by atoms with E-state index in [0.29, 0.717) is 6.54 Å². The monoisotopic (exact) mass is 162 g/mol. The average molecular weight is 162 g/mol. The molecule has 0 radical (unpaired) electrons. The number of rotatable bonds is 4. The van der Waals surface area contributed by atoms with Crippen LogP contribution in [0.15, 0.2) is 18.5 Å². The van der Waals surface area contributed by atoms with E-state index in [2.05, 4.69) is 9.84 Å². The molecule has 0 atom stereocenters. The van der Waals surface area contributed by atoms with Crippen LogP contribution in [0.25, 0.3) is 0 Å². The highest BCUT2D eigenvalue weighted by molar-refractivity contribution is 4.77. The van der Waals surface area contributed by atoms with E-state index in [9.17, 15) is 8.78 Å². The smallest absolute Gasteiger partial charge is 0.321 e. The summed E-state index contributed by atoms with van der Waals surface area (Å²) >= 11 is 0. The van der Waals surface area contributed by atoms with Gasteiger partial charge in [0.05, 0.1) is 13.2 Å². The van der Waals surface area contributed by atoms with E-state index in [1.54, 1.807) is 18.5 Å². The van der Waals surface area contributed by atoms with Crippen LogP contribution >= 0.6 is 0 Å². The lowest BCUT2D eigenvalue weighted by Gasteiger charge is -2.01. The fraction of sp³-hybridized carbons (Fsp3) is 0.500. The molecule has 5 heteroatoms. The van der Waals surface area contributed by atoms with Gasteiger partial charge in [-0.3, -0.25) is 4.68 Å². The molecule has 62 valence electrons. The molecule has 0 saturated carbocycles. The molecule has 1 aromatic heterocycles. The molecule has 0 unspecified atom stereocenters. The van der Waals surface area contributed by atoms with Crippen LogP contribution in [0.4, 0.5) is 8.78 Å². The van der Waals surface area contributed by atoms with Gasteiger partial charge in [0.2, 0.25) is 0 Å². The molecule has 0 fully saturated rings. The lowest BCUT2D eigenvalue weighted by molar-refractivity contribution is -0.130. The molecule has 0 amide bonds. The molecule has 11 heavy (non-hydrogen) atoms. The van der Waals surface area contributed by atoms with E-state index in [1.807, 2.05) is 0 Å². The first kappa shape index (κ1) is 8.13. The predicted octanol–water partition coefficient (Wildman–Crippen LogP) is 1.12. The van der Waals surface area contributed by atoms with Crippen LogP contribution < -0.4 is 0 Å². The Kier molecular flexibility index (Phi) is 2.97. The summed E-state index contributed by atoms with van der Waals surface area (Å²) in [5.74, 6) is 0. The van der Waals surface area contributed by atoms with E-state index >= 15 is 0 Å². The van der Waals surface area contributed by atoms with E-state index in [0.717, 1.165) is 0 Å². The number of aromatic nitrogens is 2. The van der Waals surface area contributed by atoms with Crippen molar-refractivity contribution >= 4 is 0 Å². The van der Waals surface area contributed by atoms with Crippen LogP contribution in [-0.2, 0) is 11.3 Å². The summed E-state index contributed by atoms with van der Waals surface area (Å²) < 4.78 is 28.4. The van der Waals surface area contributed by atoms with Crippen molar-refractivity contribution < 1.29 is 13.5 Å². The first-order valence-corrected chi connectivity index (χ1v) is 3.16. The maximum absolute atomic E-state index is 11.4. The van der Waals surface area contributed by atoms with Crippen LogP contribution in [0.1, 0.15) is 0 Å². The summed E-state index contributed by atoms with van der Waals surface area (Å²) in [6.45, 7) is -2.35. The van der Waals surface area contributed by atoms with Gasteiger partial charge in [0.25, 0.3) is 0 Å². The lowest BCUT2D eigenvalue weighted by atomic mass is 10.7. The van der Waals surface area contributed by atoms with Crippen molar-refractivity contribution in [3.63, 3.8) is 0 Å². The third-order valence-corrected chi connectivity index (χ3v) is 1.12. The Morgan fingerprint density at radius 1 is 1.55 bits per heavy atom. The molecule has 0 spiro atoms. The van der Waals surface area contributed by atoms with Crippen LogP contribution in [0, 0.1) is 0 Å². The zero-order valence-electron chi connectivity index (χ0n) is 5.78. The Hall–Kier alpha value is -0.970. The van der Waals surface area contributed by atoms with Gasteiger partial charge < -0.3 is 4.74 Å². The van der Waals surface area contributed by atoms with Gasteiger partial charge in [-0.05, 0) is 6.07 Å². The first-order chi connectivity index (χ1) is 5.29. The predicted molar refractivity (Wildman–Crippen MR) is 34.2 cm³/mol. The molecule has 0 aliphatic rings. The third kappa shape index (κ3) is 3.08. The van der Waals surface area contributed by atoms with Crippen molar-refractivity contribution in [3.8, 4) is 0 Å². The normalized spacial score (nSPS) is 10.8. The molecule has 0 bridgehead atoms. The van der Waals surface area contributed by atoms with Gasteiger partial charge in [-0.2, -0.15) is 13.9 Å². The zero-order valence-corrected chi connectivity index (χ0v) is 5.78. The van der Waals surface area contributed by atoms with Gasteiger partial charge in [0.1, 0.15) is 0 Å². The second-order valence-corrected chi connectivity index (χ2v) is 1.90. The highest BCUT2D eigenvalue weighted by Gasteiger charge is 2.00. The number of ether oxygens (including phenoxy) is 1. The molecular formula is C6H8F2N2O. The second-order valence-electron chi connectivity index (χ2n) is 1.90. The third-order valence-electron chi connectivity index (χ3n) is 1.12. The number of halogens is 2. The largest absolute Gasteiger partial charge is 0.345 e. The quantitative estimate of drug-likeness (QED) is 0.663. The zero-order chi connectivity index (χ0) is 8.10. The van der Waals surface area contributed by atoms with Gasteiger partial charge in [-0.15, -0.1) is 0 Å². The van der Waals surface area contributed by atoms with Crippen molar-refractivity contribution in [1.29, 1.82) is 0 Å². The maximum atomic E-state index is 11.4. The van der Waals surface area contributed by atoms with Crippen LogP contribution in [-0.4, -0.2) is 23.0 Å². The molecule has 1 aromatic rings. The molecule has 0 aliphatic carbocycles. The van der Waals surface area contributed by atoms with Gasteiger partial charge in [0, 0.05) is 12.4 Å². The molecule has 0 N–H and O–H groups in total. The molecule has 0 aromatic carbocycles. The van der Waals surface area contributed by atoms with E-state index in [4.69, 9.17) is 0 Å². The Balaban J connectivity index is 2.14. The number of nitrogens with zero attached hydrogens (tertiary/aromatic N) is 2. The molecule has 0 aliphatic heterocycles. The Bertz CT molecular complexity index is 188. The Labute approximate surface area is 62.6 Å². The highest BCUT2D eigenvalue weighted by Crippen LogP contribution is 1.94. The SMILES string of the molecule is FC(F)OCCn1cccn1. The Morgan fingerprint density at radius 3 is 2.91 bits per heavy atom. The summed E-state index contributed by atoms with van der Waals surface area (Å²) in [6, 6.07) is 1.72. The van der Waals surface area contributed by atoms with Gasteiger partial charge >= 0.3 is 6.61 Å². The maximum Gasteiger partial charge on any atom is 0.345 e. The minimum absolute atomic E-state index is 0.0145. The molecule has 0 saturated heterocycles. The highest BCUT2D eigenvalue weighted by atomic mass is 19.3. The van der Waals surface area contributed by atoms with Gasteiger partial charge in [0.15, 0.2) is 0 Å². The van der Waals surface area contributed by atoms with Crippen molar-refractivity contribution in [3.05, 3.63) is 18.5 Å². The van der Waals surface area contributed by atoms with E-state index in [1.165, 1.54) is 4.68 Å². The summed E-state index contributed by atoms with van der Waals surface area (Å²) in [5, 5.41) is 3.80. The first-order valence-electron chi connectivity index (χ1n) is 3.16. The molecule has 1 heterocycles. The molecule has 3 nitrogen and oxygen atoms in total. The summed E-state index contributed by atoms with van der Waals surface area (Å²) in [5.41, 5.74) is 0. The van der Waals surface area contributed by atoms with Crippen LogP contribution in [0.2, 0.25) is 0 Å². The average Bonchev–Trinajstić information content (AvgIpc) is 2.39. The van der Waals surface area contributed by atoms with Crippen molar-refractivity contribution in [2.75, 3.05) is 6.61 Å². The topological polar surface area (TPSA) is 27.1 Å². The molecule has 1 rings (SSSR count). The van der Waals surface area contributed by atoms with Crippen LogP contribution in [0.3, 0.4) is 0 Å². The number of hydrogen-bond acceptors (Lipinski definition) is 2. The molecular weight excluding hydrogens is 154 g/mol. The second kappa shape index (κ2) is 4.02. The van der Waals surface area contributed by atoms with Gasteiger partial charge in [-0.1, -0.05) is 0 Å². The van der Waals surface area contributed by atoms with Crippen molar-refractivity contribution in [2.24, 2.45) is 0 Å². The summed E-state index contributed by atoms with van der Waals surface area (Å²) in [7, 11) is 0. The Morgan fingerprint density at radius 2 is 2.36 bits per heavy atom. The van der Waals surface area contributed by atoms with Crippen LogP contribution in [0.5, 0.6) is 0 Å². The fourth-order valence-corrected chi connectivity index (χ4v) is 0.668.